The van der Waals surface area contributed by atoms with Gasteiger partial charge in [0.2, 0.25) is 0 Å². The van der Waals surface area contributed by atoms with Gasteiger partial charge in [-0.3, -0.25) is 0 Å². The smallest absolute Gasteiger partial charge is 0.132 e. The molecule has 3 heteroatoms. The van der Waals surface area contributed by atoms with Gasteiger partial charge in [-0.1, -0.05) is 6.08 Å². The highest BCUT2D eigenvalue weighted by atomic mass is 15.0. The summed E-state index contributed by atoms with van der Waals surface area (Å²) in [6.07, 6.45) is 6.64. The Morgan fingerprint density at radius 3 is 2.70 bits per heavy atom. The van der Waals surface area contributed by atoms with Crippen molar-refractivity contribution in [1.29, 1.82) is 0 Å². The van der Waals surface area contributed by atoms with Crippen LogP contribution in [0.2, 0.25) is 0 Å². The summed E-state index contributed by atoms with van der Waals surface area (Å²) in [5.74, 6) is 0.829. The lowest BCUT2D eigenvalue weighted by molar-refractivity contribution is 0.852. The largest absolute Gasteiger partial charge is 0.225 e. The van der Waals surface area contributed by atoms with Crippen LogP contribution in [0.25, 0.3) is 0 Å². The zero-order valence-electron chi connectivity index (χ0n) is 5.70. The zero-order chi connectivity index (χ0) is 7.23. The Bertz CT molecular complexity index is 195. The summed E-state index contributed by atoms with van der Waals surface area (Å²) < 4.78 is 0. The fourth-order valence-electron chi connectivity index (χ4n) is 0.623. The summed E-state index contributed by atoms with van der Waals surface area (Å²) >= 11 is 0. The first-order chi connectivity index (χ1) is 4.93. The van der Waals surface area contributed by atoms with Gasteiger partial charge >= 0.3 is 0 Å². The van der Waals surface area contributed by atoms with Crippen LogP contribution in [0.15, 0.2) is 25.3 Å². The first-order valence-corrected chi connectivity index (χ1v) is 3.15. The van der Waals surface area contributed by atoms with E-state index in [0.717, 1.165) is 18.7 Å². The minimum absolute atomic E-state index is 0.829. The van der Waals surface area contributed by atoms with E-state index < -0.39 is 0 Å². The van der Waals surface area contributed by atoms with Gasteiger partial charge in [-0.05, 0) is 6.42 Å². The third kappa shape index (κ3) is 1.93. The molecule has 0 aromatic carbocycles. The van der Waals surface area contributed by atoms with Gasteiger partial charge in [0, 0.05) is 6.42 Å². The summed E-state index contributed by atoms with van der Waals surface area (Å²) in [6.45, 7) is 3.60. The monoisotopic (exact) mass is 135 g/mol. The van der Waals surface area contributed by atoms with E-state index in [9.17, 15) is 0 Å². The van der Waals surface area contributed by atoms with Crippen LogP contribution in [-0.2, 0) is 6.42 Å². The summed E-state index contributed by atoms with van der Waals surface area (Å²) in [7, 11) is 0. The summed E-state index contributed by atoms with van der Waals surface area (Å²) in [6, 6.07) is 0. The number of nitrogens with zero attached hydrogens (tertiary/aromatic N) is 3. The molecule has 0 fully saturated rings. The van der Waals surface area contributed by atoms with Crippen LogP contribution in [0.5, 0.6) is 0 Å². The molecule has 3 nitrogen and oxygen atoms in total. The molecule has 0 saturated heterocycles. The molecule has 10 heavy (non-hydrogen) atoms. The van der Waals surface area contributed by atoms with Gasteiger partial charge in [0.15, 0.2) is 0 Å². The van der Waals surface area contributed by atoms with Gasteiger partial charge in [-0.2, -0.15) is 0 Å². The van der Waals surface area contributed by atoms with Crippen molar-refractivity contribution in [2.24, 2.45) is 0 Å². The van der Waals surface area contributed by atoms with Crippen LogP contribution in [0, 0.1) is 0 Å². The van der Waals surface area contributed by atoms with Crippen molar-refractivity contribution in [2.45, 2.75) is 12.8 Å². The van der Waals surface area contributed by atoms with Crippen molar-refractivity contribution in [3.63, 3.8) is 0 Å². The van der Waals surface area contributed by atoms with Crippen molar-refractivity contribution < 1.29 is 0 Å². The molecule has 0 atom stereocenters. The molecule has 0 unspecified atom stereocenters. The molecule has 0 saturated carbocycles. The van der Waals surface area contributed by atoms with E-state index in [1.807, 2.05) is 6.08 Å². The van der Waals surface area contributed by atoms with Gasteiger partial charge < -0.3 is 0 Å². The van der Waals surface area contributed by atoms with Gasteiger partial charge in [0.1, 0.15) is 18.5 Å². The third-order valence-corrected chi connectivity index (χ3v) is 1.12. The molecule has 0 aliphatic carbocycles. The number of hydrogen-bond donors (Lipinski definition) is 0. The van der Waals surface area contributed by atoms with E-state index in [4.69, 9.17) is 0 Å². The molecule has 0 N–H and O–H groups in total. The molecule has 1 aromatic rings. The molecule has 0 spiro atoms. The van der Waals surface area contributed by atoms with Crippen molar-refractivity contribution in [2.75, 3.05) is 0 Å². The van der Waals surface area contributed by atoms with Crippen molar-refractivity contribution >= 4 is 0 Å². The normalized spacial score (nSPS) is 9.20. The summed E-state index contributed by atoms with van der Waals surface area (Å²) in [5, 5.41) is 0. The molecule has 0 amide bonds. The molecular formula is C7H9N3. The molecular weight excluding hydrogens is 126 g/mol. The maximum Gasteiger partial charge on any atom is 0.132 e. The quantitative estimate of drug-likeness (QED) is 0.580. The highest BCUT2D eigenvalue weighted by Gasteiger charge is 1.89. The number of allylic oxidation sites excluding steroid dienone is 1. The van der Waals surface area contributed by atoms with E-state index in [0.29, 0.717) is 0 Å². The van der Waals surface area contributed by atoms with E-state index in [1.165, 1.54) is 12.7 Å². The van der Waals surface area contributed by atoms with Crippen molar-refractivity contribution in [3.05, 3.63) is 31.1 Å². The van der Waals surface area contributed by atoms with Crippen molar-refractivity contribution in [3.8, 4) is 0 Å². The van der Waals surface area contributed by atoms with Gasteiger partial charge in [0.25, 0.3) is 0 Å². The Morgan fingerprint density at radius 2 is 2.10 bits per heavy atom. The maximum atomic E-state index is 3.95. The Balaban J connectivity index is 2.50. The molecule has 1 rings (SSSR count). The predicted molar refractivity (Wildman–Crippen MR) is 38.3 cm³/mol. The zero-order valence-corrected chi connectivity index (χ0v) is 5.70. The van der Waals surface area contributed by atoms with Gasteiger partial charge in [-0.25, -0.2) is 15.0 Å². The second-order valence-electron chi connectivity index (χ2n) is 1.88. The Labute approximate surface area is 59.9 Å². The lowest BCUT2D eigenvalue weighted by atomic mass is 10.3. The maximum absolute atomic E-state index is 3.95. The number of rotatable bonds is 3. The van der Waals surface area contributed by atoms with Crippen LogP contribution in [-0.4, -0.2) is 15.0 Å². The predicted octanol–water partition coefficient (Wildman–Crippen LogP) is 0.990. The first kappa shape index (κ1) is 6.86. The lowest BCUT2D eigenvalue weighted by Crippen LogP contribution is -1.93. The fourth-order valence-corrected chi connectivity index (χ4v) is 0.623. The topological polar surface area (TPSA) is 38.7 Å². The Hall–Kier alpha value is -1.25. The molecule has 0 radical (unpaired) electrons. The lowest BCUT2D eigenvalue weighted by Gasteiger charge is -1.91. The highest BCUT2D eigenvalue weighted by molar-refractivity contribution is 4.84. The fraction of sp³-hybridized carbons (Fsp3) is 0.286. The number of aromatic nitrogens is 3. The van der Waals surface area contributed by atoms with Crippen molar-refractivity contribution in [1.82, 2.24) is 15.0 Å². The Kier molecular flexibility index (Phi) is 2.55. The third-order valence-electron chi connectivity index (χ3n) is 1.12. The van der Waals surface area contributed by atoms with Gasteiger partial charge in [0.05, 0.1) is 0 Å². The second-order valence-corrected chi connectivity index (χ2v) is 1.88. The van der Waals surface area contributed by atoms with Crippen LogP contribution >= 0.6 is 0 Å². The molecule has 0 aliphatic rings. The minimum Gasteiger partial charge on any atom is -0.225 e. The average Bonchev–Trinajstić information content (AvgIpc) is 2.03. The van der Waals surface area contributed by atoms with E-state index >= 15 is 0 Å². The van der Waals surface area contributed by atoms with E-state index in [2.05, 4.69) is 21.5 Å². The molecule has 0 bridgehead atoms. The van der Waals surface area contributed by atoms with Crippen LogP contribution in [0.3, 0.4) is 0 Å². The van der Waals surface area contributed by atoms with Gasteiger partial charge in [-0.15, -0.1) is 6.58 Å². The number of hydrogen-bond acceptors (Lipinski definition) is 3. The molecule has 1 heterocycles. The SMILES string of the molecule is C=CCCc1ncncn1. The standard InChI is InChI=1S/C7H9N3/c1-2-3-4-7-9-5-8-6-10-7/h2,5-6H,1,3-4H2. The summed E-state index contributed by atoms with van der Waals surface area (Å²) in [4.78, 5) is 11.6. The van der Waals surface area contributed by atoms with Crippen LogP contribution in [0.4, 0.5) is 0 Å². The average molecular weight is 135 g/mol. The number of aryl methyl sites for hydroxylation is 1. The van der Waals surface area contributed by atoms with Crippen LogP contribution in [0.1, 0.15) is 12.2 Å². The minimum atomic E-state index is 0.829. The second kappa shape index (κ2) is 3.71. The first-order valence-electron chi connectivity index (χ1n) is 3.15. The Morgan fingerprint density at radius 1 is 1.40 bits per heavy atom. The molecule has 1 aromatic heterocycles. The summed E-state index contributed by atoms with van der Waals surface area (Å²) in [5.41, 5.74) is 0. The molecule has 52 valence electrons. The van der Waals surface area contributed by atoms with Crippen LogP contribution < -0.4 is 0 Å². The van der Waals surface area contributed by atoms with E-state index in [-0.39, 0.29) is 0 Å². The highest BCUT2D eigenvalue weighted by Crippen LogP contribution is 1.91. The molecule has 0 aliphatic heterocycles. The van der Waals surface area contributed by atoms with E-state index in [1.54, 1.807) is 0 Å².